The summed E-state index contributed by atoms with van der Waals surface area (Å²) in [7, 11) is 3.90. The summed E-state index contributed by atoms with van der Waals surface area (Å²) in [6, 6.07) is 10.7. The molecule has 3 rings (SSSR count). The average molecular weight is 351 g/mol. The maximum Gasteiger partial charge on any atom is 0.129 e. The molecule has 3 heteroatoms. The number of ether oxygens (including phenoxy) is 1. The van der Waals surface area contributed by atoms with Crippen molar-refractivity contribution in [3.8, 4) is 5.75 Å². The molecule has 0 amide bonds. The molecule has 2 aromatic carbocycles. The minimum absolute atomic E-state index is 0.145. The number of rotatable bonds is 3. The van der Waals surface area contributed by atoms with E-state index in [0.29, 0.717) is 5.92 Å². The maximum atomic E-state index is 5.68. The van der Waals surface area contributed by atoms with Gasteiger partial charge >= 0.3 is 0 Å². The Labute approximate surface area is 157 Å². The van der Waals surface area contributed by atoms with Crippen molar-refractivity contribution in [2.45, 2.75) is 52.5 Å². The van der Waals surface area contributed by atoms with Crippen molar-refractivity contribution in [3.63, 3.8) is 0 Å². The molecule has 1 atom stereocenters. The molecule has 1 aliphatic heterocycles. The topological polar surface area (TPSA) is 24.8 Å². The van der Waals surface area contributed by atoms with Crippen LogP contribution in [0, 0.1) is 13.8 Å². The van der Waals surface area contributed by atoms with Gasteiger partial charge in [-0.2, -0.15) is 0 Å². The molecular formula is C23H30N2O. The highest BCUT2D eigenvalue weighted by molar-refractivity contribution is 5.88. The lowest BCUT2D eigenvalue weighted by atomic mass is 9.80. The molecule has 0 bridgehead atoms. The van der Waals surface area contributed by atoms with E-state index in [1.165, 1.54) is 22.4 Å². The second kappa shape index (κ2) is 6.79. The normalized spacial score (nSPS) is 18.9. The van der Waals surface area contributed by atoms with Crippen molar-refractivity contribution in [1.29, 1.82) is 0 Å². The maximum absolute atomic E-state index is 5.68. The van der Waals surface area contributed by atoms with Gasteiger partial charge in [-0.25, -0.2) is 0 Å². The van der Waals surface area contributed by atoms with Gasteiger partial charge < -0.3 is 9.64 Å². The summed E-state index contributed by atoms with van der Waals surface area (Å²) < 4.78 is 5.68. The summed E-state index contributed by atoms with van der Waals surface area (Å²) in [4.78, 5) is 7.10. The zero-order valence-electron chi connectivity index (χ0n) is 17.1. The highest BCUT2D eigenvalue weighted by atomic mass is 16.5. The van der Waals surface area contributed by atoms with Crippen LogP contribution in [-0.4, -0.2) is 25.9 Å². The fourth-order valence-corrected chi connectivity index (χ4v) is 3.98. The first-order valence-corrected chi connectivity index (χ1v) is 9.30. The molecule has 0 radical (unpaired) electrons. The molecule has 0 aromatic heterocycles. The number of hydrogen-bond donors (Lipinski definition) is 0. The van der Waals surface area contributed by atoms with Crippen LogP contribution in [0.25, 0.3) is 0 Å². The van der Waals surface area contributed by atoms with E-state index in [9.17, 15) is 0 Å². The van der Waals surface area contributed by atoms with Crippen molar-refractivity contribution in [1.82, 2.24) is 0 Å². The molecule has 0 N–H and O–H groups in total. The largest absolute Gasteiger partial charge is 0.496 e. The molecule has 1 heterocycles. The molecule has 0 fully saturated rings. The van der Waals surface area contributed by atoms with Crippen LogP contribution in [0.1, 0.15) is 55.4 Å². The Kier molecular flexibility index (Phi) is 4.83. The quantitative estimate of drug-likeness (QED) is 0.655. The number of benzene rings is 2. The Balaban J connectivity index is 2.03. The Hall–Kier alpha value is -2.29. The zero-order chi connectivity index (χ0) is 19.1. The molecule has 0 saturated carbocycles. The van der Waals surface area contributed by atoms with Crippen LogP contribution in [0.5, 0.6) is 5.75 Å². The van der Waals surface area contributed by atoms with E-state index in [2.05, 4.69) is 76.9 Å². The predicted octanol–water partition coefficient (Wildman–Crippen LogP) is 5.78. The summed E-state index contributed by atoms with van der Waals surface area (Å²) in [5, 5.41) is 0. The minimum Gasteiger partial charge on any atom is -0.496 e. The number of fused-ring (bicyclic) bond motifs is 1. The predicted molar refractivity (Wildman–Crippen MR) is 112 cm³/mol. The molecule has 138 valence electrons. The molecule has 3 nitrogen and oxygen atoms in total. The SMILES string of the molecule is COc1cc2c(cc1C=Nc1ccc(C)cc1C)C(C)CC(C)(C)N2C. The van der Waals surface area contributed by atoms with E-state index in [-0.39, 0.29) is 5.54 Å². The third-order valence-corrected chi connectivity index (χ3v) is 5.68. The Morgan fingerprint density at radius 1 is 1.19 bits per heavy atom. The smallest absolute Gasteiger partial charge is 0.129 e. The third kappa shape index (κ3) is 3.35. The average Bonchev–Trinajstić information content (AvgIpc) is 2.58. The first-order chi connectivity index (χ1) is 12.2. The van der Waals surface area contributed by atoms with Gasteiger partial charge in [0.1, 0.15) is 5.75 Å². The highest BCUT2D eigenvalue weighted by Gasteiger charge is 2.34. The van der Waals surface area contributed by atoms with Crippen LogP contribution in [-0.2, 0) is 0 Å². The first kappa shape index (κ1) is 18.5. The molecule has 0 spiro atoms. The van der Waals surface area contributed by atoms with E-state index in [0.717, 1.165) is 23.4 Å². The number of methoxy groups -OCH3 is 1. The summed E-state index contributed by atoms with van der Waals surface area (Å²) in [5.74, 6) is 1.38. The fourth-order valence-electron chi connectivity index (χ4n) is 3.98. The monoisotopic (exact) mass is 350 g/mol. The number of anilines is 1. The summed E-state index contributed by atoms with van der Waals surface area (Å²) in [5.41, 5.74) is 7.25. The number of hydrogen-bond acceptors (Lipinski definition) is 3. The molecule has 1 unspecified atom stereocenters. The van der Waals surface area contributed by atoms with Crippen LogP contribution >= 0.6 is 0 Å². The van der Waals surface area contributed by atoms with E-state index in [4.69, 9.17) is 9.73 Å². The van der Waals surface area contributed by atoms with Crippen molar-refractivity contribution < 1.29 is 4.74 Å². The van der Waals surface area contributed by atoms with Crippen molar-refractivity contribution in [2.75, 3.05) is 19.1 Å². The van der Waals surface area contributed by atoms with Gasteiger partial charge in [-0.1, -0.05) is 24.6 Å². The molecule has 0 aliphatic carbocycles. The molecule has 2 aromatic rings. The van der Waals surface area contributed by atoms with Gasteiger partial charge in [-0.15, -0.1) is 0 Å². The van der Waals surface area contributed by atoms with Crippen LogP contribution in [0.15, 0.2) is 35.3 Å². The Bertz CT molecular complexity index is 852. The van der Waals surface area contributed by atoms with Gasteiger partial charge in [0.15, 0.2) is 0 Å². The lowest BCUT2D eigenvalue weighted by Crippen LogP contribution is -2.45. The second-order valence-corrected chi connectivity index (χ2v) is 8.18. The lowest BCUT2D eigenvalue weighted by molar-refractivity contribution is 0.389. The number of aliphatic imine (C=N–C) groups is 1. The lowest BCUT2D eigenvalue weighted by Gasteiger charge is -2.45. The number of nitrogens with zero attached hydrogens (tertiary/aromatic N) is 2. The minimum atomic E-state index is 0.145. The van der Waals surface area contributed by atoms with E-state index >= 15 is 0 Å². The number of aryl methyl sites for hydroxylation is 2. The Morgan fingerprint density at radius 2 is 1.92 bits per heavy atom. The summed E-state index contributed by atoms with van der Waals surface area (Å²) in [6.07, 6.45) is 3.07. The third-order valence-electron chi connectivity index (χ3n) is 5.68. The first-order valence-electron chi connectivity index (χ1n) is 9.30. The standard InChI is InChI=1S/C23H30N2O/c1-15-8-9-20(16(2)10-15)24-14-18-11-19-17(3)13-23(4,5)25(6)21(19)12-22(18)26-7/h8-12,14,17H,13H2,1-7H3. The van der Waals surface area contributed by atoms with E-state index in [1.807, 2.05) is 6.21 Å². The fraction of sp³-hybridized carbons (Fsp3) is 0.435. The van der Waals surface area contributed by atoms with Crippen molar-refractivity contribution in [2.24, 2.45) is 4.99 Å². The van der Waals surface area contributed by atoms with Gasteiger partial charge in [-0.05, 0) is 63.3 Å². The molecule has 0 saturated heterocycles. The molecular weight excluding hydrogens is 320 g/mol. The highest BCUT2D eigenvalue weighted by Crippen LogP contribution is 2.44. The summed E-state index contributed by atoms with van der Waals surface area (Å²) >= 11 is 0. The van der Waals surface area contributed by atoms with Crippen LogP contribution in [0.3, 0.4) is 0 Å². The van der Waals surface area contributed by atoms with Gasteiger partial charge in [0.25, 0.3) is 0 Å². The van der Waals surface area contributed by atoms with Gasteiger partial charge in [0.2, 0.25) is 0 Å². The second-order valence-electron chi connectivity index (χ2n) is 8.18. The van der Waals surface area contributed by atoms with Gasteiger partial charge in [-0.3, -0.25) is 4.99 Å². The Morgan fingerprint density at radius 3 is 2.58 bits per heavy atom. The summed E-state index contributed by atoms with van der Waals surface area (Å²) in [6.45, 7) is 11.1. The van der Waals surface area contributed by atoms with Crippen LogP contribution < -0.4 is 9.64 Å². The van der Waals surface area contributed by atoms with Crippen molar-refractivity contribution >= 4 is 17.6 Å². The molecule has 1 aliphatic rings. The van der Waals surface area contributed by atoms with E-state index in [1.54, 1.807) is 7.11 Å². The van der Waals surface area contributed by atoms with Crippen LogP contribution in [0.2, 0.25) is 0 Å². The van der Waals surface area contributed by atoms with Gasteiger partial charge in [0.05, 0.1) is 12.8 Å². The van der Waals surface area contributed by atoms with Crippen LogP contribution in [0.4, 0.5) is 11.4 Å². The zero-order valence-corrected chi connectivity index (χ0v) is 17.1. The van der Waals surface area contributed by atoms with Gasteiger partial charge in [0, 0.05) is 36.1 Å². The molecule has 26 heavy (non-hydrogen) atoms. The van der Waals surface area contributed by atoms with E-state index < -0.39 is 0 Å². The van der Waals surface area contributed by atoms with Crippen molar-refractivity contribution in [3.05, 3.63) is 52.6 Å².